The summed E-state index contributed by atoms with van der Waals surface area (Å²) in [7, 11) is 0. The summed E-state index contributed by atoms with van der Waals surface area (Å²) in [6, 6.07) is -0.160. The van der Waals surface area contributed by atoms with Gasteiger partial charge in [0.05, 0.1) is 6.04 Å². The van der Waals surface area contributed by atoms with Crippen LogP contribution >= 0.6 is 0 Å². The molecule has 0 bridgehead atoms. The number of nitrogens with one attached hydrogen (secondary N) is 1. The van der Waals surface area contributed by atoms with Crippen molar-refractivity contribution >= 4 is 0 Å². The third-order valence-corrected chi connectivity index (χ3v) is 2.60. The van der Waals surface area contributed by atoms with Crippen molar-refractivity contribution in [2.75, 3.05) is 26.2 Å². The van der Waals surface area contributed by atoms with Crippen LogP contribution in [0.25, 0.3) is 0 Å². The Kier molecular flexibility index (Phi) is 3.11. The van der Waals surface area contributed by atoms with Gasteiger partial charge >= 0.3 is 0 Å². The molecule has 2 aliphatic rings. The first-order valence-electron chi connectivity index (χ1n) is 5.03. The number of nitrogens with zero attached hydrogens (tertiary/aromatic N) is 1. The minimum absolute atomic E-state index is 0.0584. The highest BCUT2D eigenvalue weighted by molar-refractivity contribution is 5.26. The average molecular weight is 194 g/mol. The normalized spacial score (nSPS) is 28.6. The van der Waals surface area contributed by atoms with Crippen LogP contribution in [0.15, 0.2) is 36.2 Å². The minimum Gasteiger partial charge on any atom is -0.314 e. The van der Waals surface area contributed by atoms with Gasteiger partial charge in [-0.05, 0) is 6.08 Å². The Hall–Kier alpha value is -0.930. The van der Waals surface area contributed by atoms with E-state index in [1.807, 2.05) is 18.2 Å². The smallest absolute Gasteiger partial charge is 0.121 e. The zero-order valence-corrected chi connectivity index (χ0v) is 8.12. The molecule has 1 fully saturated rings. The Morgan fingerprint density at radius 1 is 1.21 bits per heavy atom. The van der Waals surface area contributed by atoms with E-state index in [0.717, 1.165) is 26.2 Å². The van der Waals surface area contributed by atoms with Gasteiger partial charge in [-0.3, -0.25) is 4.90 Å². The highest BCUT2D eigenvalue weighted by atomic mass is 19.1. The van der Waals surface area contributed by atoms with E-state index < -0.39 is 0 Å². The number of allylic oxidation sites excluding steroid dienone is 4. The third kappa shape index (κ3) is 2.11. The van der Waals surface area contributed by atoms with Gasteiger partial charge in [-0.2, -0.15) is 0 Å². The lowest BCUT2D eigenvalue weighted by Gasteiger charge is -2.32. The highest BCUT2D eigenvalue weighted by Crippen LogP contribution is 2.16. The quantitative estimate of drug-likeness (QED) is 0.675. The topological polar surface area (TPSA) is 15.3 Å². The summed E-state index contributed by atoms with van der Waals surface area (Å²) < 4.78 is 13.6. The summed E-state index contributed by atoms with van der Waals surface area (Å²) >= 11 is 0. The van der Waals surface area contributed by atoms with Crippen molar-refractivity contribution in [3.63, 3.8) is 0 Å². The average Bonchev–Trinajstić information content (AvgIpc) is 2.44. The Morgan fingerprint density at radius 2 is 2.00 bits per heavy atom. The van der Waals surface area contributed by atoms with Gasteiger partial charge in [0.2, 0.25) is 0 Å². The molecule has 1 heterocycles. The van der Waals surface area contributed by atoms with Crippen LogP contribution in [0.5, 0.6) is 0 Å². The molecule has 0 saturated carbocycles. The monoisotopic (exact) mass is 194 g/mol. The summed E-state index contributed by atoms with van der Waals surface area (Å²) in [5, 5.41) is 3.26. The SMILES string of the molecule is FC1=CC=CC=CC1N1CCNCC1. The maximum atomic E-state index is 13.6. The Balaban J connectivity index is 2.08. The fourth-order valence-electron chi connectivity index (χ4n) is 1.83. The van der Waals surface area contributed by atoms with Gasteiger partial charge < -0.3 is 5.32 Å². The highest BCUT2D eigenvalue weighted by Gasteiger charge is 2.21. The molecule has 14 heavy (non-hydrogen) atoms. The zero-order valence-electron chi connectivity index (χ0n) is 8.12. The molecule has 2 nitrogen and oxygen atoms in total. The van der Waals surface area contributed by atoms with Crippen LogP contribution in [0.2, 0.25) is 0 Å². The van der Waals surface area contributed by atoms with Crippen LogP contribution in [0.1, 0.15) is 0 Å². The first kappa shape index (κ1) is 9.62. The molecule has 0 spiro atoms. The number of hydrogen-bond donors (Lipinski definition) is 1. The second-order valence-corrected chi connectivity index (χ2v) is 3.55. The van der Waals surface area contributed by atoms with Crippen molar-refractivity contribution in [3.05, 3.63) is 36.2 Å². The number of hydrogen-bond acceptors (Lipinski definition) is 2. The molecule has 1 atom stereocenters. The van der Waals surface area contributed by atoms with Crippen molar-refractivity contribution in [1.29, 1.82) is 0 Å². The van der Waals surface area contributed by atoms with Crippen molar-refractivity contribution in [3.8, 4) is 0 Å². The molecule has 1 unspecified atom stereocenters. The molecule has 0 radical (unpaired) electrons. The van der Waals surface area contributed by atoms with Crippen molar-refractivity contribution < 1.29 is 4.39 Å². The van der Waals surface area contributed by atoms with Gasteiger partial charge in [-0.25, -0.2) is 4.39 Å². The molecule has 76 valence electrons. The molecular formula is C11H15FN2. The standard InChI is InChI=1S/C11H15FN2/c12-10-4-2-1-3-5-11(10)14-8-6-13-7-9-14/h1-5,11,13H,6-9H2. The van der Waals surface area contributed by atoms with Gasteiger partial charge in [0.15, 0.2) is 0 Å². The lowest BCUT2D eigenvalue weighted by Crippen LogP contribution is -2.48. The zero-order chi connectivity index (χ0) is 9.80. The van der Waals surface area contributed by atoms with Crippen LogP contribution in [-0.2, 0) is 0 Å². The molecule has 1 N–H and O–H groups in total. The first-order valence-corrected chi connectivity index (χ1v) is 5.03. The molecule has 0 aromatic rings. The summed E-state index contributed by atoms with van der Waals surface area (Å²) in [4.78, 5) is 2.16. The summed E-state index contributed by atoms with van der Waals surface area (Å²) in [5.74, 6) is -0.0584. The molecule has 2 rings (SSSR count). The Bertz CT molecular complexity index is 275. The maximum absolute atomic E-state index is 13.6. The van der Waals surface area contributed by atoms with Gasteiger partial charge in [0, 0.05) is 26.2 Å². The molecule has 0 amide bonds. The van der Waals surface area contributed by atoms with Crippen LogP contribution < -0.4 is 5.32 Å². The fraction of sp³-hybridized carbons (Fsp3) is 0.455. The Morgan fingerprint density at radius 3 is 2.79 bits per heavy atom. The molecule has 0 aromatic carbocycles. The second-order valence-electron chi connectivity index (χ2n) is 3.55. The number of piperazine rings is 1. The lowest BCUT2D eigenvalue weighted by molar-refractivity contribution is 0.205. The van der Waals surface area contributed by atoms with E-state index in [4.69, 9.17) is 0 Å². The summed E-state index contributed by atoms with van der Waals surface area (Å²) in [6.45, 7) is 3.72. The predicted molar refractivity (Wildman–Crippen MR) is 55.7 cm³/mol. The van der Waals surface area contributed by atoms with Gasteiger partial charge in [-0.1, -0.05) is 24.3 Å². The van der Waals surface area contributed by atoms with Gasteiger partial charge in [0.25, 0.3) is 0 Å². The lowest BCUT2D eigenvalue weighted by atomic mass is 10.2. The van der Waals surface area contributed by atoms with Crippen LogP contribution in [0.4, 0.5) is 4.39 Å². The summed E-state index contributed by atoms with van der Waals surface area (Å²) in [5.41, 5.74) is 0. The van der Waals surface area contributed by atoms with E-state index in [9.17, 15) is 4.39 Å². The molecule has 0 aromatic heterocycles. The van der Waals surface area contributed by atoms with E-state index in [1.165, 1.54) is 0 Å². The van der Waals surface area contributed by atoms with E-state index in [0.29, 0.717) is 0 Å². The van der Waals surface area contributed by atoms with E-state index >= 15 is 0 Å². The molecule has 1 aliphatic heterocycles. The predicted octanol–water partition coefficient (Wildman–Crippen LogP) is 1.24. The second kappa shape index (κ2) is 4.53. The van der Waals surface area contributed by atoms with E-state index in [2.05, 4.69) is 10.2 Å². The number of rotatable bonds is 1. The third-order valence-electron chi connectivity index (χ3n) is 2.60. The molecule has 1 aliphatic carbocycles. The largest absolute Gasteiger partial charge is 0.314 e. The molecule has 1 saturated heterocycles. The molecular weight excluding hydrogens is 179 g/mol. The van der Waals surface area contributed by atoms with Gasteiger partial charge in [-0.15, -0.1) is 0 Å². The minimum atomic E-state index is -0.160. The van der Waals surface area contributed by atoms with Crippen molar-refractivity contribution in [1.82, 2.24) is 10.2 Å². The van der Waals surface area contributed by atoms with E-state index in [1.54, 1.807) is 12.2 Å². The molecule has 3 heteroatoms. The van der Waals surface area contributed by atoms with Crippen LogP contribution in [0.3, 0.4) is 0 Å². The number of halogens is 1. The van der Waals surface area contributed by atoms with Crippen LogP contribution in [0, 0.1) is 0 Å². The van der Waals surface area contributed by atoms with Gasteiger partial charge in [0.1, 0.15) is 5.83 Å². The Labute approximate surface area is 83.8 Å². The summed E-state index contributed by atoms with van der Waals surface area (Å²) in [6.07, 6.45) is 8.99. The van der Waals surface area contributed by atoms with E-state index in [-0.39, 0.29) is 11.9 Å². The first-order chi connectivity index (χ1) is 6.88. The van der Waals surface area contributed by atoms with Crippen molar-refractivity contribution in [2.45, 2.75) is 6.04 Å². The fourth-order valence-corrected chi connectivity index (χ4v) is 1.83. The maximum Gasteiger partial charge on any atom is 0.121 e. The van der Waals surface area contributed by atoms with Crippen molar-refractivity contribution in [2.24, 2.45) is 0 Å². The van der Waals surface area contributed by atoms with Crippen LogP contribution in [-0.4, -0.2) is 37.1 Å².